The Kier molecular flexibility index (Phi) is 12.0. The quantitative estimate of drug-likeness (QED) is 0.426. The molecule has 3 heterocycles. The molecule has 1 aromatic heterocycles. The first-order valence-corrected chi connectivity index (χ1v) is 15.1. The number of hydrogen-bond donors (Lipinski definition) is 2. The second kappa shape index (κ2) is 14.6. The number of amides is 2. The summed E-state index contributed by atoms with van der Waals surface area (Å²) in [5.41, 5.74) is 1.93. The first kappa shape index (κ1) is 33.7. The summed E-state index contributed by atoms with van der Waals surface area (Å²) in [5.74, 6) is -0.150. The Labute approximate surface area is 261 Å². The van der Waals surface area contributed by atoms with E-state index >= 15 is 0 Å². The van der Waals surface area contributed by atoms with Crippen molar-refractivity contribution in [2.45, 2.75) is 95.9 Å². The molecule has 0 bridgehead atoms. The molecule has 1 spiro atoms. The molecule has 5 rings (SSSR count). The predicted octanol–water partition coefficient (Wildman–Crippen LogP) is 5.08. The monoisotopic (exact) mass is 627 g/mol. The van der Waals surface area contributed by atoms with Gasteiger partial charge in [0.1, 0.15) is 16.7 Å². The minimum absolute atomic E-state index is 0. The maximum atomic E-state index is 13.8. The minimum atomic E-state index is -0.863. The van der Waals surface area contributed by atoms with E-state index in [1.807, 2.05) is 42.2 Å². The van der Waals surface area contributed by atoms with Gasteiger partial charge in [-0.3, -0.25) is 14.5 Å². The van der Waals surface area contributed by atoms with Crippen LogP contribution >= 0.6 is 36.4 Å². The fourth-order valence-corrected chi connectivity index (χ4v) is 7.04. The standard InChI is InChI=1S/C30H42ClN5O3.2ClH/c1-3-4-17-35-28(38)25(26(37)22-11-7-5-8-12-22)32-29(39)30(35)15-18-34(19-16-30)20-24-21(2)33-36(27(24)31)23-13-9-6-10-14-23;;/h6,9-10,13-14,22,25-26,37H,3-5,7-8,11-12,15-20H2,1-2H3,(H,32,39);2*1H/t25-,26-;;/m1../s1. The molecule has 3 fully saturated rings. The van der Waals surface area contributed by atoms with Crippen LogP contribution in [0.15, 0.2) is 30.3 Å². The number of carbonyl (C=O) groups excluding carboxylic acids is 2. The molecule has 1 aliphatic carbocycles. The first-order chi connectivity index (χ1) is 18.9. The number of hydrogen-bond acceptors (Lipinski definition) is 5. The number of aliphatic hydroxyl groups is 1. The SMILES string of the molecule is CCCCN1C(=O)[C@@H]([C@H](O)C2CCCCC2)NC(=O)C12CCN(Cc1c(C)nn(-c3ccccc3)c1Cl)CC2.Cl.Cl. The molecule has 41 heavy (non-hydrogen) atoms. The zero-order chi connectivity index (χ0) is 27.6. The highest BCUT2D eigenvalue weighted by molar-refractivity contribution is 6.30. The molecule has 2 aliphatic heterocycles. The maximum absolute atomic E-state index is 13.8. The number of unbranched alkanes of at least 4 members (excludes halogenated alkanes) is 1. The van der Waals surface area contributed by atoms with Gasteiger partial charge in [0.05, 0.1) is 17.5 Å². The number of benzene rings is 1. The molecule has 0 unspecified atom stereocenters. The van der Waals surface area contributed by atoms with E-state index < -0.39 is 17.7 Å². The van der Waals surface area contributed by atoms with Crippen LogP contribution in [0.4, 0.5) is 0 Å². The van der Waals surface area contributed by atoms with E-state index in [2.05, 4.69) is 22.2 Å². The van der Waals surface area contributed by atoms with Gasteiger partial charge in [-0.1, -0.05) is 62.4 Å². The predicted molar refractivity (Wildman–Crippen MR) is 166 cm³/mol. The molecule has 0 radical (unpaired) electrons. The smallest absolute Gasteiger partial charge is 0.248 e. The average Bonchev–Trinajstić information content (AvgIpc) is 3.25. The number of piperazine rings is 1. The Hall–Kier alpha value is -1.84. The molecule has 2 aromatic rings. The fraction of sp³-hybridized carbons (Fsp3) is 0.633. The number of carbonyl (C=O) groups is 2. The summed E-state index contributed by atoms with van der Waals surface area (Å²) >= 11 is 6.79. The van der Waals surface area contributed by atoms with E-state index in [1.54, 1.807) is 4.68 Å². The normalized spacial score (nSPS) is 22.1. The van der Waals surface area contributed by atoms with Gasteiger partial charge in [-0.2, -0.15) is 5.10 Å². The Morgan fingerprint density at radius 1 is 1.10 bits per heavy atom. The van der Waals surface area contributed by atoms with Gasteiger partial charge < -0.3 is 15.3 Å². The number of rotatable bonds is 8. The summed E-state index contributed by atoms with van der Waals surface area (Å²) in [6, 6.07) is 9.01. The molecule has 8 nitrogen and oxygen atoms in total. The Bertz CT molecular complexity index is 1160. The van der Waals surface area contributed by atoms with Gasteiger partial charge in [-0.25, -0.2) is 4.68 Å². The van der Waals surface area contributed by atoms with Crippen LogP contribution < -0.4 is 5.32 Å². The van der Waals surface area contributed by atoms with Gasteiger partial charge in [0.2, 0.25) is 11.8 Å². The number of nitrogens with zero attached hydrogens (tertiary/aromatic N) is 4. The summed E-state index contributed by atoms with van der Waals surface area (Å²) in [5, 5.41) is 19.5. The highest BCUT2D eigenvalue weighted by Gasteiger charge is 2.55. The summed E-state index contributed by atoms with van der Waals surface area (Å²) in [6.45, 7) is 6.60. The Morgan fingerprint density at radius 3 is 2.39 bits per heavy atom. The van der Waals surface area contributed by atoms with Crippen LogP contribution in [0.5, 0.6) is 0 Å². The molecular weight excluding hydrogens is 585 g/mol. The van der Waals surface area contributed by atoms with Crippen LogP contribution in [0.25, 0.3) is 5.69 Å². The molecular formula is C30H44Cl3N5O3. The molecule has 3 aliphatic rings. The summed E-state index contributed by atoms with van der Waals surface area (Å²) in [7, 11) is 0. The lowest BCUT2D eigenvalue weighted by Gasteiger charge is -2.52. The molecule has 11 heteroatoms. The van der Waals surface area contributed by atoms with E-state index in [4.69, 9.17) is 11.6 Å². The van der Waals surface area contributed by atoms with E-state index in [-0.39, 0.29) is 42.5 Å². The zero-order valence-corrected chi connectivity index (χ0v) is 26.4. The number of para-hydroxylation sites is 1. The van der Waals surface area contributed by atoms with Crippen molar-refractivity contribution < 1.29 is 14.7 Å². The highest BCUT2D eigenvalue weighted by atomic mass is 35.5. The zero-order valence-electron chi connectivity index (χ0n) is 24.1. The Morgan fingerprint density at radius 2 is 1.76 bits per heavy atom. The number of aromatic nitrogens is 2. The fourth-order valence-electron chi connectivity index (χ4n) is 6.71. The molecule has 1 aromatic carbocycles. The maximum Gasteiger partial charge on any atom is 0.248 e. The van der Waals surface area contributed by atoms with Gasteiger partial charge in [-0.15, -0.1) is 24.8 Å². The van der Waals surface area contributed by atoms with Gasteiger partial charge >= 0.3 is 0 Å². The minimum Gasteiger partial charge on any atom is -0.390 e. The third-order valence-electron chi connectivity index (χ3n) is 9.16. The lowest BCUT2D eigenvalue weighted by molar-refractivity contribution is -0.166. The molecule has 2 amide bonds. The molecule has 2 N–H and O–H groups in total. The number of nitrogens with one attached hydrogen (secondary N) is 1. The largest absolute Gasteiger partial charge is 0.390 e. The third-order valence-corrected chi connectivity index (χ3v) is 9.54. The summed E-state index contributed by atoms with van der Waals surface area (Å²) in [4.78, 5) is 31.7. The van der Waals surface area contributed by atoms with Gasteiger partial charge in [-0.05, 0) is 57.1 Å². The summed E-state index contributed by atoms with van der Waals surface area (Å²) < 4.78 is 1.77. The van der Waals surface area contributed by atoms with Crippen LogP contribution in [0, 0.1) is 12.8 Å². The van der Waals surface area contributed by atoms with E-state index in [1.165, 1.54) is 6.42 Å². The van der Waals surface area contributed by atoms with Gasteiger partial charge in [0, 0.05) is 31.7 Å². The molecule has 228 valence electrons. The number of halogens is 3. The lowest BCUT2D eigenvalue weighted by Crippen LogP contribution is -2.75. The van der Waals surface area contributed by atoms with Crippen molar-refractivity contribution in [2.24, 2.45) is 5.92 Å². The van der Waals surface area contributed by atoms with E-state index in [9.17, 15) is 14.7 Å². The molecule has 2 saturated heterocycles. The van der Waals surface area contributed by atoms with E-state index in [0.29, 0.717) is 44.2 Å². The third kappa shape index (κ3) is 6.72. The summed E-state index contributed by atoms with van der Waals surface area (Å²) in [6.07, 6.45) is 7.22. The average molecular weight is 629 g/mol. The van der Waals surface area contributed by atoms with Crippen molar-refractivity contribution in [2.75, 3.05) is 19.6 Å². The van der Waals surface area contributed by atoms with Crippen molar-refractivity contribution in [3.8, 4) is 5.69 Å². The van der Waals surface area contributed by atoms with Gasteiger partial charge in [0.25, 0.3) is 0 Å². The van der Waals surface area contributed by atoms with Crippen molar-refractivity contribution in [3.05, 3.63) is 46.7 Å². The number of likely N-dealkylation sites (tertiary alicyclic amines) is 1. The van der Waals surface area contributed by atoms with Crippen LogP contribution in [0.2, 0.25) is 5.15 Å². The van der Waals surface area contributed by atoms with Gasteiger partial charge in [0.15, 0.2) is 0 Å². The molecule has 1 saturated carbocycles. The van der Waals surface area contributed by atoms with Crippen LogP contribution in [-0.2, 0) is 16.1 Å². The second-order valence-corrected chi connectivity index (χ2v) is 12.0. The number of aliphatic hydroxyl groups excluding tert-OH is 1. The Balaban J connectivity index is 0.00000231. The number of piperidine rings is 1. The first-order valence-electron chi connectivity index (χ1n) is 14.7. The van der Waals surface area contributed by atoms with Crippen molar-refractivity contribution in [3.63, 3.8) is 0 Å². The van der Waals surface area contributed by atoms with E-state index in [0.717, 1.165) is 55.5 Å². The van der Waals surface area contributed by atoms with Crippen LogP contribution in [0.1, 0.15) is 76.0 Å². The number of aryl methyl sites for hydroxylation is 1. The van der Waals surface area contributed by atoms with Crippen LogP contribution in [-0.4, -0.2) is 73.8 Å². The van der Waals surface area contributed by atoms with Crippen molar-refractivity contribution >= 4 is 48.2 Å². The second-order valence-electron chi connectivity index (χ2n) is 11.6. The van der Waals surface area contributed by atoms with Crippen molar-refractivity contribution in [1.29, 1.82) is 0 Å². The topological polar surface area (TPSA) is 90.7 Å². The van der Waals surface area contributed by atoms with Crippen molar-refractivity contribution in [1.82, 2.24) is 24.9 Å². The molecule has 2 atom stereocenters. The lowest BCUT2D eigenvalue weighted by atomic mass is 9.78. The highest BCUT2D eigenvalue weighted by Crippen LogP contribution is 2.37. The van der Waals surface area contributed by atoms with Crippen LogP contribution in [0.3, 0.4) is 0 Å².